The van der Waals surface area contributed by atoms with Crippen LogP contribution in [0.2, 0.25) is 0 Å². The first-order valence-corrected chi connectivity index (χ1v) is 11.7. The summed E-state index contributed by atoms with van der Waals surface area (Å²) in [4.78, 5) is 18.2. The molecule has 3 N–H and O–H groups in total. The van der Waals surface area contributed by atoms with Crippen molar-refractivity contribution in [1.82, 2.24) is 19.9 Å². The number of benzene rings is 1. The molecule has 0 saturated carbocycles. The molecule has 3 aromatic rings. The van der Waals surface area contributed by atoms with E-state index in [4.69, 9.17) is 5.73 Å². The van der Waals surface area contributed by atoms with Crippen LogP contribution in [-0.2, 0) is 0 Å². The van der Waals surface area contributed by atoms with Gasteiger partial charge in [0.1, 0.15) is 23.5 Å². The Morgan fingerprint density at radius 2 is 1.91 bits per heavy atom. The summed E-state index contributed by atoms with van der Waals surface area (Å²) in [7, 11) is 0. The molecular formula is C22H28F2N6OS. The quantitative estimate of drug-likeness (QED) is 0.581. The van der Waals surface area contributed by atoms with Gasteiger partial charge in [-0.2, -0.15) is 0 Å². The number of carbonyl (C=O) groups excluding carboxylic acids is 1. The topological polar surface area (TPSA) is 88.5 Å². The standard InChI is InChI=1S/C11H12FN5O.C7H7FS.C4H9N/c12-7-3-4-16(6-7)10-2-1-9-14-5-8(11(13)18)17(9)15-10;1-9-7-4-2-6(8)3-5-7;1-2-4-5-3-1/h1-2,5,7H,3-4,6H2,(H2,13,18);2-5H,1H3;5H,1-4H2. The lowest BCUT2D eigenvalue weighted by Gasteiger charge is -2.15. The van der Waals surface area contributed by atoms with Crippen LogP contribution in [0.4, 0.5) is 14.6 Å². The van der Waals surface area contributed by atoms with Crippen molar-refractivity contribution in [2.75, 3.05) is 37.3 Å². The molecule has 0 bridgehead atoms. The van der Waals surface area contributed by atoms with Crippen molar-refractivity contribution in [2.24, 2.45) is 5.73 Å². The van der Waals surface area contributed by atoms with E-state index in [1.807, 2.05) is 11.2 Å². The number of primary amides is 1. The van der Waals surface area contributed by atoms with Crippen LogP contribution in [0, 0.1) is 5.82 Å². The van der Waals surface area contributed by atoms with Gasteiger partial charge in [-0.05, 0) is 75.0 Å². The predicted octanol–water partition coefficient (Wildman–Crippen LogP) is 3.29. The van der Waals surface area contributed by atoms with Gasteiger partial charge in [0.25, 0.3) is 5.91 Å². The Bertz CT molecular complexity index is 1000. The fourth-order valence-corrected chi connectivity index (χ4v) is 3.73. The highest BCUT2D eigenvalue weighted by molar-refractivity contribution is 7.98. The number of halogens is 2. The van der Waals surface area contributed by atoms with Gasteiger partial charge >= 0.3 is 0 Å². The second-order valence-electron chi connectivity index (χ2n) is 7.42. The largest absolute Gasteiger partial charge is 0.364 e. The van der Waals surface area contributed by atoms with Gasteiger partial charge < -0.3 is 16.0 Å². The molecule has 0 aliphatic carbocycles. The number of nitrogens with one attached hydrogen (secondary N) is 1. The number of fused-ring (bicyclic) bond motifs is 1. The number of carbonyl (C=O) groups is 1. The van der Waals surface area contributed by atoms with E-state index in [0.717, 1.165) is 4.90 Å². The zero-order chi connectivity index (χ0) is 22.9. The van der Waals surface area contributed by atoms with Crippen molar-refractivity contribution in [3.63, 3.8) is 0 Å². The van der Waals surface area contributed by atoms with Crippen LogP contribution in [0.15, 0.2) is 47.5 Å². The van der Waals surface area contributed by atoms with Crippen LogP contribution in [0.1, 0.15) is 29.8 Å². The molecule has 2 aliphatic rings. The number of hydrogen-bond acceptors (Lipinski definition) is 6. The van der Waals surface area contributed by atoms with E-state index in [2.05, 4.69) is 15.4 Å². The molecule has 2 fully saturated rings. The summed E-state index contributed by atoms with van der Waals surface area (Å²) < 4.78 is 26.8. The van der Waals surface area contributed by atoms with Gasteiger partial charge in [0, 0.05) is 11.4 Å². The van der Waals surface area contributed by atoms with Crippen LogP contribution in [-0.4, -0.2) is 59.1 Å². The maximum Gasteiger partial charge on any atom is 0.269 e. The molecule has 2 saturated heterocycles. The fraction of sp³-hybridized carbons (Fsp3) is 0.409. The maximum atomic E-state index is 13.2. The van der Waals surface area contributed by atoms with Crippen molar-refractivity contribution in [1.29, 1.82) is 0 Å². The zero-order valence-corrected chi connectivity index (χ0v) is 18.8. The molecule has 1 aromatic carbocycles. The highest BCUT2D eigenvalue weighted by atomic mass is 32.2. The Morgan fingerprint density at radius 3 is 2.44 bits per heavy atom. The molecule has 172 valence electrons. The minimum absolute atomic E-state index is 0.173. The van der Waals surface area contributed by atoms with Crippen LogP contribution in [0.3, 0.4) is 0 Å². The van der Waals surface area contributed by atoms with Gasteiger partial charge in [0.05, 0.1) is 12.7 Å². The number of hydrogen-bond donors (Lipinski definition) is 2. The SMILES string of the molecule is C1CCNC1.CSc1ccc(F)cc1.NC(=O)c1cnc2ccc(N3CCC(F)C3)nn12. The summed E-state index contributed by atoms with van der Waals surface area (Å²) in [5.41, 5.74) is 6.01. The molecule has 1 atom stereocenters. The van der Waals surface area contributed by atoms with Crippen LogP contribution < -0.4 is 16.0 Å². The summed E-state index contributed by atoms with van der Waals surface area (Å²) in [5, 5.41) is 7.51. The zero-order valence-electron chi connectivity index (χ0n) is 18.0. The third-order valence-corrected chi connectivity index (χ3v) is 5.81. The van der Waals surface area contributed by atoms with Gasteiger partial charge in [-0.1, -0.05) is 0 Å². The van der Waals surface area contributed by atoms with Gasteiger partial charge in [-0.15, -0.1) is 16.9 Å². The van der Waals surface area contributed by atoms with Gasteiger partial charge in [-0.25, -0.2) is 18.3 Å². The van der Waals surface area contributed by atoms with Crippen molar-refractivity contribution in [3.8, 4) is 0 Å². The fourth-order valence-electron chi connectivity index (χ4n) is 3.32. The first-order valence-electron chi connectivity index (χ1n) is 10.5. The van der Waals surface area contributed by atoms with Crippen LogP contribution in [0.25, 0.3) is 5.65 Å². The summed E-state index contributed by atoms with van der Waals surface area (Å²) in [6.45, 7) is 3.46. The molecule has 2 aliphatic heterocycles. The number of nitrogens with two attached hydrogens (primary N) is 1. The summed E-state index contributed by atoms with van der Waals surface area (Å²) in [6.07, 6.45) is 5.82. The van der Waals surface area contributed by atoms with E-state index >= 15 is 0 Å². The minimum atomic E-state index is -0.819. The number of anilines is 1. The Kier molecular flexibility index (Phi) is 8.81. The molecule has 1 amide bonds. The molecule has 0 radical (unpaired) electrons. The third kappa shape index (κ3) is 6.64. The normalized spacial score (nSPS) is 17.5. The average molecular weight is 463 g/mol. The number of thioether (sulfide) groups is 1. The van der Waals surface area contributed by atoms with E-state index in [-0.39, 0.29) is 11.5 Å². The number of amides is 1. The molecule has 2 aromatic heterocycles. The molecule has 5 rings (SSSR count). The Labute approximate surface area is 190 Å². The van der Waals surface area contributed by atoms with Gasteiger partial charge in [-0.3, -0.25) is 4.79 Å². The first-order chi connectivity index (χ1) is 15.5. The van der Waals surface area contributed by atoms with Crippen LogP contribution in [0.5, 0.6) is 0 Å². The Balaban J connectivity index is 0.000000170. The summed E-state index contributed by atoms with van der Waals surface area (Å²) in [6, 6.07) is 9.96. The molecule has 0 spiro atoms. The molecular weight excluding hydrogens is 434 g/mol. The van der Waals surface area contributed by atoms with Crippen molar-refractivity contribution in [3.05, 3.63) is 54.1 Å². The molecule has 1 unspecified atom stereocenters. The van der Waals surface area contributed by atoms with Crippen molar-refractivity contribution in [2.45, 2.75) is 30.3 Å². The van der Waals surface area contributed by atoms with Crippen LogP contribution >= 0.6 is 11.8 Å². The van der Waals surface area contributed by atoms with Gasteiger partial charge in [0.15, 0.2) is 5.65 Å². The Morgan fingerprint density at radius 1 is 1.19 bits per heavy atom. The monoisotopic (exact) mass is 462 g/mol. The van der Waals surface area contributed by atoms with Gasteiger partial charge in [0.2, 0.25) is 0 Å². The highest BCUT2D eigenvalue weighted by Gasteiger charge is 2.23. The lowest BCUT2D eigenvalue weighted by Crippen LogP contribution is -2.22. The second kappa shape index (κ2) is 11.8. The average Bonchev–Trinajstić information content (AvgIpc) is 3.57. The lowest BCUT2D eigenvalue weighted by molar-refractivity contribution is 0.0993. The Hall–Kier alpha value is -2.72. The maximum absolute atomic E-state index is 13.2. The van der Waals surface area contributed by atoms with E-state index in [9.17, 15) is 13.6 Å². The number of aromatic nitrogens is 3. The number of alkyl halides is 1. The second-order valence-corrected chi connectivity index (χ2v) is 8.30. The summed E-state index contributed by atoms with van der Waals surface area (Å²) >= 11 is 1.61. The molecule has 10 heteroatoms. The van der Waals surface area contributed by atoms with E-state index in [1.165, 1.54) is 48.8 Å². The summed E-state index contributed by atoms with van der Waals surface area (Å²) in [5.74, 6) is -0.132. The lowest BCUT2D eigenvalue weighted by atomic mass is 10.3. The molecule has 4 heterocycles. The number of rotatable bonds is 3. The van der Waals surface area contributed by atoms with E-state index in [1.54, 1.807) is 36.0 Å². The predicted molar refractivity (Wildman–Crippen MR) is 124 cm³/mol. The third-order valence-electron chi connectivity index (χ3n) is 5.06. The molecule has 7 nitrogen and oxygen atoms in total. The minimum Gasteiger partial charge on any atom is -0.364 e. The van der Waals surface area contributed by atoms with Crippen molar-refractivity contribution >= 4 is 29.1 Å². The molecule has 32 heavy (non-hydrogen) atoms. The highest BCUT2D eigenvalue weighted by Crippen LogP contribution is 2.20. The first kappa shape index (κ1) is 23.9. The number of nitrogens with zero attached hydrogens (tertiary/aromatic N) is 4. The van der Waals surface area contributed by atoms with Crippen molar-refractivity contribution < 1.29 is 13.6 Å². The number of imidazole rings is 1. The van der Waals surface area contributed by atoms with E-state index < -0.39 is 12.1 Å². The van der Waals surface area contributed by atoms with E-state index in [0.29, 0.717) is 31.0 Å². The smallest absolute Gasteiger partial charge is 0.269 e.